The van der Waals surface area contributed by atoms with Crippen LogP contribution in [0, 0.1) is 0 Å². The molecule has 1 fully saturated rings. The lowest BCUT2D eigenvalue weighted by Crippen LogP contribution is -2.25. The first-order chi connectivity index (χ1) is 14.0. The van der Waals surface area contributed by atoms with Crippen LogP contribution in [0.4, 0.5) is 0 Å². The normalized spacial score (nSPS) is 18.1. The first-order valence-electron chi connectivity index (χ1n) is 9.53. The molecule has 1 atom stereocenters. The third-order valence-corrected chi connectivity index (χ3v) is 4.50. The Morgan fingerprint density at radius 1 is 1.28 bits per heavy atom. The van der Waals surface area contributed by atoms with Gasteiger partial charge in [-0.3, -0.25) is 0 Å². The molecule has 0 bridgehead atoms. The van der Waals surface area contributed by atoms with Gasteiger partial charge in [0.1, 0.15) is 18.5 Å². The summed E-state index contributed by atoms with van der Waals surface area (Å²) in [5.41, 5.74) is 2.30. The molecule has 3 heterocycles. The van der Waals surface area contributed by atoms with E-state index in [2.05, 4.69) is 10.1 Å². The van der Waals surface area contributed by atoms with Gasteiger partial charge in [0.2, 0.25) is 0 Å². The molecule has 8 heteroatoms. The van der Waals surface area contributed by atoms with Gasteiger partial charge in [-0.05, 0) is 45.0 Å². The van der Waals surface area contributed by atoms with Gasteiger partial charge in [0, 0.05) is 5.56 Å². The number of esters is 1. The SMILES string of the molecule is CCOC(=O)c1cnc2ccc(-c3ccccc3OCC3COC(C)(C)O3)nn12. The Morgan fingerprint density at radius 2 is 2.10 bits per heavy atom. The monoisotopic (exact) mass is 397 g/mol. The second-order valence-electron chi connectivity index (χ2n) is 7.11. The van der Waals surface area contributed by atoms with Crippen molar-refractivity contribution in [3.8, 4) is 17.0 Å². The van der Waals surface area contributed by atoms with Crippen molar-refractivity contribution >= 4 is 11.6 Å². The molecule has 152 valence electrons. The summed E-state index contributed by atoms with van der Waals surface area (Å²) < 4.78 is 24.0. The van der Waals surface area contributed by atoms with Crippen molar-refractivity contribution in [2.45, 2.75) is 32.7 Å². The van der Waals surface area contributed by atoms with E-state index in [4.69, 9.17) is 18.9 Å². The minimum Gasteiger partial charge on any atom is -0.490 e. The van der Waals surface area contributed by atoms with Crippen LogP contribution >= 0.6 is 0 Å². The number of nitrogens with zero attached hydrogens (tertiary/aromatic N) is 3. The fourth-order valence-electron chi connectivity index (χ4n) is 3.19. The first kappa shape index (κ1) is 19.4. The molecule has 0 saturated carbocycles. The third-order valence-electron chi connectivity index (χ3n) is 4.50. The maximum absolute atomic E-state index is 12.2. The van der Waals surface area contributed by atoms with Crippen LogP contribution in [0.5, 0.6) is 5.75 Å². The second kappa shape index (κ2) is 7.81. The molecule has 2 aromatic heterocycles. The van der Waals surface area contributed by atoms with Crippen LogP contribution in [0.15, 0.2) is 42.6 Å². The molecule has 1 saturated heterocycles. The summed E-state index contributed by atoms with van der Waals surface area (Å²) >= 11 is 0. The average Bonchev–Trinajstić information content (AvgIpc) is 3.29. The van der Waals surface area contributed by atoms with Crippen LogP contribution in [-0.2, 0) is 14.2 Å². The summed E-state index contributed by atoms with van der Waals surface area (Å²) in [6.45, 7) is 6.65. The molecule has 1 aromatic carbocycles. The molecule has 0 amide bonds. The minimum absolute atomic E-state index is 0.141. The van der Waals surface area contributed by atoms with Crippen molar-refractivity contribution in [3.05, 3.63) is 48.3 Å². The van der Waals surface area contributed by atoms with Crippen LogP contribution in [0.25, 0.3) is 16.9 Å². The number of rotatable bonds is 6. The van der Waals surface area contributed by atoms with Crippen LogP contribution < -0.4 is 4.74 Å². The summed E-state index contributed by atoms with van der Waals surface area (Å²) in [6.07, 6.45) is 1.32. The third kappa shape index (κ3) is 4.08. The molecule has 0 aliphatic carbocycles. The summed E-state index contributed by atoms with van der Waals surface area (Å²) in [5, 5.41) is 4.59. The molecule has 0 N–H and O–H groups in total. The van der Waals surface area contributed by atoms with Gasteiger partial charge >= 0.3 is 5.97 Å². The van der Waals surface area contributed by atoms with Gasteiger partial charge in [0.15, 0.2) is 17.1 Å². The van der Waals surface area contributed by atoms with Crippen molar-refractivity contribution in [3.63, 3.8) is 0 Å². The molecule has 4 rings (SSSR count). The van der Waals surface area contributed by atoms with E-state index in [-0.39, 0.29) is 18.4 Å². The zero-order chi connectivity index (χ0) is 20.4. The number of aromatic nitrogens is 3. The molecular weight excluding hydrogens is 374 g/mol. The highest BCUT2D eigenvalue weighted by atomic mass is 16.7. The maximum atomic E-state index is 12.2. The highest BCUT2D eigenvalue weighted by molar-refractivity contribution is 5.88. The van der Waals surface area contributed by atoms with E-state index in [1.54, 1.807) is 13.0 Å². The number of imidazole rings is 1. The lowest BCUT2D eigenvalue weighted by Gasteiger charge is -2.18. The van der Waals surface area contributed by atoms with E-state index in [9.17, 15) is 4.79 Å². The van der Waals surface area contributed by atoms with Gasteiger partial charge in [-0.1, -0.05) is 12.1 Å². The molecule has 1 aliphatic rings. The predicted octanol–water partition coefficient (Wildman–Crippen LogP) is 3.10. The van der Waals surface area contributed by atoms with Crippen molar-refractivity contribution in [2.24, 2.45) is 0 Å². The van der Waals surface area contributed by atoms with E-state index in [0.29, 0.717) is 30.3 Å². The Balaban J connectivity index is 1.60. The summed E-state index contributed by atoms with van der Waals surface area (Å²) in [6, 6.07) is 11.2. The Kier molecular flexibility index (Phi) is 5.21. The average molecular weight is 397 g/mol. The number of fused-ring (bicyclic) bond motifs is 1. The lowest BCUT2D eigenvalue weighted by molar-refractivity contribution is -0.141. The highest BCUT2D eigenvalue weighted by Gasteiger charge is 2.33. The first-order valence-corrected chi connectivity index (χ1v) is 9.53. The zero-order valence-electron chi connectivity index (χ0n) is 16.6. The number of ether oxygens (including phenoxy) is 4. The van der Waals surface area contributed by atoms with Gasteiger partial charge in [0.05, 0.1) is 25.1 Å². The molecule has 29 heavy (non-hydrogen) atoms. The topological polar surface area (TPSA) is 84.2 Å². The van der Waals surface area contributed by atoms with Gasteiger partial charge in [-0.25, -0.2) is 14.3 Å². The van der Waals surface area contributed by atoms with Gasteiger partial charge in [-0.2, -0.15) is 5.10 Å². The highest BCUT2D eigenvalue weighted by Crippen LogP contribution is 2.30. The summed E-state index contributed by atoms with van der Waals surface area (Å²) in [7, 11) is 0. The molecule has 3 aromatic rings. The quantitative estimate of drug-likeness (QED) is 0.591. The van der Waals surface area contributed by atoms with Crippen molar-refractivity contribution in [2.75, 3.05) is 19.8 Å². The maximum Gasteiger partial charge on any atom is 0.358 e. The van der Waals surface area contributed by atoms with Crippen molar-refractivity contribution < 1.29 is 23.7 Å². The van der Waals surface area contributed by atoms with Crippen molar-refractivity contribution in [1.29, 1.82) is 0 Å². The Hall–Kier alpha value is -2.97. The van der Waals surface area contributed by atoms with Crippen LogP contribution in [0.2, 0.25) is 0 Å². The largest absolute Gasteiger partial charge is 0.490 e. The lowest BCUT2D eigenvalue weighted by atomic mass is 10.1. The Morgan fingerprint density at radius 3 is 2.86 bits per heavy atom. The van der Waals surface area contributed by atoms with E-state index in [1.165, 1.54) is 10.7 Å². The Labute approximate surface area is 168 Å². The number of hydrogen-bond donors (Lipinski definition) is 0. The number of hydrogen-bond acceptors (Lipinski definition) is 7. The fraction of sp³-hybridized carbons (Fsp3) is 0.381. The fourth-order valence-corrected chi connectivity index (χ4v) is 3.19. The van der Waals surface area contributed by atoms with Crippen LogP contribution in [0.1, 0.15) is 31.3 Å². The van der Waals surface area contributed by atoms with E-state index in [1.807, 2.05) is 44.2 Å². The predicted molar refractivity (Wildman–Crippen MR) is 105 cm³/mol. The van der Waals surface area contributed by atoms with Gasteiger partial charge in [0.25, 0.3) is 0 Å². The second-order valence-corrected chi connectivity index (χ2v) is 7.11. The molecule has 0 spiro atoms. The number of para-hydroxylation sites is 1. The minimum atomic E-state index is -0.592. The van der Waals surface area contributed by atoms with E-state index >= 15 is 0 Å². The molecule has 1 aliphatic heterocycles. The van der Waals surface area contributed by atoms with Crippen LogP contribution in [-0.4, -0.2) is 52.3 Å². The van der Waals surface area contributed by atoms with Gasteiger partial charge in [-0.15, -0.1) is 0 Å². The summed E-state index contributed by atoms with van der Waals surface area (Å²) in [5.74, 6) is -0.383. The number of carbonyl (C=O) groups excluding carboxylic acids is 1. The standard InChI is InChI=1S/C21H23N3O5/c1-4-26-20(25)17-11-22-19-10-9-16(23-24(17)19)15-7-5-6-8-18(15)27-12-14-13-28-21(2,3)29-14/h5-11,14H,4,12-13H2,1-3H3. The molecule has 0 radical (unpaired) electrons. The summed E-state index contributed by atoms with van der Waals surface area (Å²) in [4.78, 5) is 16.4. The van der Waals surface area contributed by atoms with E-state index in [0.717, 1.165) is 5.56 Å². The van der Waals surface area contributed by atoms with Crippen LogP contribution in [0.3, 0.4) is 0 Å². The van der Waals surface area contributed by atoms with Crippen molar-refractivity contribution in [1.82, 2.24) is 14.6 Å². The zero-order valence-corrected chi connectivity index (χ0v) is 16.6. The molecular formula is C21H23N3O5. The molecule has 8 nitrogen and oxygen atoms in total. The Bertz CT molecular complexity index is 1030. The van der Waals surface area contributed by atoms with Gasteiger partial charge < -0.3 is 18.9 Å². The van der Waals surface area contributed by atoms with E-state index < -0.39 is 11.8 Å². The molecule has 1 unspecified atom stereocenters. The number of benzene rings is 1. The number of carbonyl (C=O) groups is 1. The smallest absolute Gasteiger partial charge is 0.358 e.